The van der Waals surface area contributed by atoms with Crippen molar-refractivity contribution < 1.29 is 31.1 Å². The second-order valence-corrected chi connectivity index (χ2v) is 7.47. The molecule has 25 heavy (non-hydrogen) atoms. The van der Waals surface area contributed by atoms with Gasteiger partial charge in [-0.25, -0.2) is 13.1 Å². The van der Waals surface area contributed by atoms with Crippen LogP contribution in [0.15, 0.2) is 29.2 Å². The molecule has 0 unspecified atom stereocenters. The normalized spacial score (nSPS) is 12.2. The molecule has 1 amide bonds. The van der Waals surface area contributed by atoms with E-state index >= 15 is 0 Å². The molecule has 1 rings (SSSR count). The molecule has 10 heteroatoms. The minimum Gasteiger partial charge on any atom is -0.406 e. The highest BCUT2D eigenvalue weighted by Crippen LogP contribution is 2.23. The van der Waals surface area contributed by atoms with Crippen molar-refractivity contribution in [1.29, 1.82) is 0 Å². The third kappa shape index (κ3) is 8.73. The zero-order chi connectivity index (χ0) is 19.1. The van der Waals surface area contributed by atoms with Gasteiger partial charge in [0.25, 0.3) is 0 Å². The Morgan fingerprint density at radius 3 is 2.28 bits per heavy atom. The predicted octanol–water partition coefficient (Wildman–Crippen LogP) is 2.42. The molecule has 1 aromatic carbocycles. The van der Waals surface area contributed by atoms with Gasteiger partial charge in [-0.3, -0.25) is 4.79 Å². The molecule has 0 bridgehead atoms. The summed E-state index contributed by atoms with van der Waals surface area (Å²) in [5, 5.41) is 2.67. The van der Waals surface area contributed by atoms with Crippen molar-refractivity contribution in [3.05, 3.63) is 24.3 Å². The Morgan fingerprint density at radius 1 is 1.16 bits per heavy atom. The highest BCUT2D eigenvalue weighted by molar-refractivity contribution is 7.89. The quantitative estimate of drug-likeness (QED) is 0.687. The lowest BCUT2D eigenvalue weighted by atomic mass is 10.1. The molecule has 0 saturated carbocycles. The van der Waals surface area contributed by atoms with Crippen LogP contribution in [0, 0.1) is 5.92 Å². The Hall–Kier alpha value is -1.81. The van der Waals surface area contributed by atoms with Crippen molar-refractivity contribution in [2.45, 2.75) is 37.9 Å². The standard InChI is InChI=1S/C15H21F3N2O4S/c1-11(2)7-9-19-14(21)8-10-20-25(22,23)13-5-3-12(4-6-13)24-15(16,17)18/h3-6,11,20H,7-10H2,1-2H3,(H,19,21). The number of amides is 1. The molecule has 0 radical (unpaired) electrons. The fourth-order valence-electron chi connectivity index (χ4n) is 1.79. The molecule has 0 aromatic heterocycles. The molecule has 0 aliphatic rings. The Morgan fingerprint density at radius 2 is 1.76 bits per heavy atom. The number of hydrogen-bond donors (Lipinski definition) is 2. The fourth-order valence-corrected chi connectivity index (χ4v) is 2.82. The van der Waals surface area contributed by atoms with E-state index in [4.69, 9.17) is 0 Å². The van der Waals surface area contributed by atoms with Gasteiger partial charge in [-0.15, -0.1) is 13.2 Å². The molecular weight excluding hydrogens is 361 g/mol. The number of hydrogen-bond acceptors (Lipinski definition) is 4. The topological polar surface area (TPSA) is 84.5 Å². The van der Waals surface area contributed by atoms with Crippen LogP contribution < -0.4 is 14.8 Å². The fraction of sp³-hybridized carbons (Fsp3) is 0.533. The van der Waals surface area contributed by atoms with Crippen LogP contribution >= 0.6 is 0 Å². The molecule has 142 valence electrons. The van der Waals surface area contributed by atoms with E-state index in [0.717, 1.165) is 30.7 Å². The maximum absolute atomic E-state index is 12.1. The van der Waals surface area contributed by atoms with Crippen LogP contribution in [-0.4, -0.2) is 33.8 Å². The molecule has 0 aliphatic heterocycles. The van der Waals surface area contributed by atoms with Crippen molar-refractivity contribution in [3.63, 3.8) is 0 Å². The van der Waals surface area contributed by atoms with Crippen molar-refractivity contribution in [2.75, 3.05) is 13.1 Å². The summed E-state index contributed by atoms with van der Waals surface area (Å²) in [6.07, 6.45) is -4.06. The van der Waals surface area contributed by atoms with Crippen molar-refractivity contribution in [2.24, 2.45) is 5.92 Å². The third-order valence-electron chi connectivity index (χ3n) is 3.06. The van der Waals surface area contributed by atoms with E-state index in [1.807, 2.05) is 13.8 Å². The number of halogens is 3. The summed E-state index contributed by atoms with van der Waals surface area (Å²) in [6, 6.07) is 3.79. The molecule has 6 nitrogen and oxygen atoms in total. The van der Waals surface area contributed by atoms with Crippen molar-refractivity contribution >= 4 is 15.9 Å². The second-order valence-electron chi connectivity index (χ2n) is 5.70. The molecule has 2 N–H and O–H groups in total. The molecular formula is C15H21F3N2O4S. The molecule has 1 aromatic rings. The average Bonchev–Trinajstić information content (AvgIpc) is 2.45. The maximum atomic E-state index is 12.1. The first kappa shape index (κ1) is 21.2. The summed E-state index contributed by atoms with van der Waals surface area (Å²) in [7, 11) is -3.92. The van der Waals surface area contributed by atoms with Crippen LogP contribution in [0.3, 0.4) is 0 Å². The number of nitrogens with one attached hydrogen (secondary N) is 2. The largest absolute Gasteiger partial charge is 0.573 e. The number of ether oxygens (including phenoxy) is 1. The maximum Gasteiger partial charge on any atom is 0.573 e. The first-order valence-electron chi connectivity index (χ1n) is 7.62. The van der Waals surface area contributed by atoms with Crippen molar-refractivity contribution in [1.82, 2.24) is 10.0 Å². The summed E-state index contributed by atoms with van der Waals surface area (Å²) in [5.41, 5.74) is 0. The Bertz CT molecular complexity index is 658. The number of benzene rings is 1. The van der Waals surface area contributed by atoms with E-state index in [0.29, 0.717) is 12.5 Å². The van der Waals surface area contributed by atoms with Gasteiger partial charge in [0.1, 0.15) is 5.75 Å². The minimum atomic E-state index is -4.85. The number of rotatable bonds is 9. The van der Waals surface area contributed by atoms with Gasteiger partial charge in [0.2, 0.25) is 15.9 Å². The highest BCUT2D eigenvalue weighted by atomic mass is 32.2. The van der Waals surface area contributed by atoms with Crippen molar-refractivity contribution in [3.8, 4) is 5.75 Å². The van der Waals surface area contributed by atoms with E-state index in [1.54, 1.807) is 0 Å². The van der Waals surface area contributed by atoms with Crippen LogP contribution in [0.5, 0.6) is 5.75 Å². The molecule has 0 spiro atoms. The molecule has 0 atom stereocenters. The van der Waals surface area contributed by atoms with Crippen LogP contribution in [0.2, 0.25) is 0 Å². The SMILES string of the molecule is CC(C)CCNC(=O)CCNS(=O)(=O)c1ccc(OC(F)(F)F)cc1. The summed E-state index contributed by atoms with van der Waals surface area (Å²) in [5.74, 6) is -0.351. The lowest BCUT2D eigenvalue weighted by Crippen LogP contribution is -2.31. The first-order valence-corrected chi connectivity index (χ1v) is 9.10. The molecule has 0 heterocycles. The number of carbonyl (C=O) groups is 1. The van der Waals surface area contributed by atoms with E-state index in [9.17, 15) is 26.4 Å². The number of carbonyl (C=O) groups excluding carboxylic acids is 1. The number of sulfonamides is 1. The van der Waals surface area contributed by atoms with Gasteiger partial charge in [0.05, 0.1) is 4.90 Å². The van der Waals surface area contributed by atoms with E-state index < -0.39 is 22.1 Å². The predicted molar refractivity (Wildman–Crippen MR) is 85.4 cm³/mol. The summed E-state index contributed by atoms with van der Waals surface area (Å²) in [4.78, 5) is 11.3. The lowest BCUT2D eigenvalue weighted by molar-refractivity contribution is -0.274. The van der Waals surface area contributed by atoms with Gasteiger partial charge in [-0.2, -0.15) is 0 Å². The van der Waals surface area contributed by atoms with Gasteiger partial charge in [0.15, 0.2) is 0 Å². The number of alkyl halides is 3. The van der Waals surface area contributed by atoms with Gasteiger partial charge < -0.3 is 10.1 Å². The Labute approximate surface area is 144 Å². The van der Waals surface area contributed by atoms with Gasteiger partial charge >= 0.3 is 6.36 Å². The van der Waals surface area contributed by atoms with Gasteiger partial charge in [0, 0.05) is 19.5 Å². The average molecular weight is 382 g/mol. The van der Waals surface area contributed by atoms with Crippen LogP contribution in [0.4, 0.5) is 13.2 Å². The van der Waals surface area contributed by atoms with Gasteiger partial charge in [-0.1, -0.05) is 13.8 Å². The van der Waals surface area contributed by atoms with Crippen LogP contribution in [-0.2, 0) is 14.8 Å². The van der Waals surface area contributed by atoms with E-state index in [1.165, 1.54) is 0 Å². The zero-order valence-electron chi connectivity index (χ0n) is 13.9. The van der Waals surface area contributed by atoms with E-state index in [2.05, 4.69) is 14.8 Å². The monoisotopic (exact) mass is 382 g/mol. The molecule has 0 aliphatic carbocycles. The summed E-state index contributed by atoms with van der Waals surface area (Å²) >= 11 is 0. The summed E-state index contributed by atoms with van der Waals surface area (Å²) < 4.78 is 66.1. The Balaban J connectivity index is 2.49. The lowest BCUT2D eigenvalue weighted by Gasteiger charge is -2.10. The molecule has 0 saturated heterocycles. The van der Waals surface area contributed by atoms with Crippen LogP contribution in [0.1, 0.15) is 26.7 Å². The van der Waals surface area contributed by atoms with Gasteiger partial charge in [-0.05, 0) is 36.6 Å². The van der Waals surface area contributed by atoms with E-state index in [-0.39, 0.29) is 23.8 Å². The first-order chi connectivity index (χ1) is 11.5. The third-order valence-corrected chi connectivity index (χ3v) is 4.53. The second kappa shape index (κ2) is 9.04. The van der Waals surface area contributed by atoms with Crippen LogP contribution in [0.25, 0.3) is 0 Å². The Kier molecular flexibility index (Phi) is 7.68. The molecule has 0 fully saturated rings. The highest BCUT2D eigenvalue weighted by Gasteiger charge is 2.31. The smallest absolute Gasteiger partial charge is 0.406 e. The minimum absolute atomic E-state index is 0.0351. The summed E-state index contributed by atoms with van der Waals surface area (Å²) in [6.45, 7) is 4.44. The zero-order valence-corrected chi connectivity index (χ0v) is 14.7.